The normalized spacial score (nSPS) is 26.7. The van der Waals surface area contributed by atoms with Gasteiger partial charge in [-0.2, -0.15) is 0 Å². The van der Waals surface area contributed by atoms with Crippen LogP contribution in [-0.2, 0) is 15.5 Å². The van der Waals surface area contributed by atoms with Crippen LogP contribution in [0.3, 0.4) is 0 Å². The van der Waals surface area contributed by atoms with Crippen molar-refractivity contribution in [3.05, 3.63) is 0 Å². The summed E-state index contributed by atoms with van der Waals surface area (Å²) >= 11 is 0. The summed E-state index contributed by atoms with van der Waals surface area (Å²) in [5.41, 5.74) is -0.0370. The van der Waals surface area contributed by atoms with Crippen molar-refractivity contribution in [2.75, 3.05) is 26.0 Å². The molecule has 160 valence electrons. The van der Waals surface area contributed by atoms with Gasteiger partial charge in [-0.05, 0) is 38.5 Å². The van der Waals surface area contributed by atoms with Crippen LogP contribution < -0.4 is 10.6 Å². The van der Waals surface area contributed by atoms with Crippen molar-refractivity contribution in [3.8, 4) is 0 Å². The Morgan fingerprint density at radius 1 is 1.19 bits per heavy atom. The number of aliphatic imine (C=N–C) groups is 1. The average Bonchev–Trinajstić information content (AvgIpc) is 2.70. The molecule has 2 rings (SSSR count). The molecule has 2 aliphatic rings. The van der Waals surface area contributed by atoms with Gasteiger partial charge < -0.3 is 15.4 Å². The Bertz CT molecular complexity index is 470. The van der Waals surface area contributed by atoms with Crippen molar-refractivity contribution in [2.45, 2.75) is 94.9 Å². The zero-order chi connectivity index (χ0) is 18.8. The molecular formula is C20H40IN3O2S. The standard InChI is InChI=1S/C20H39N3O2S.HI/c1-4-14-25-20(12-7-6-8-13-20)16-22-19(21-3)23-17-10-9-11-18(15-17)26(24)5-2;/h17-18H,4-16H2,1-3H3,(H2,21,22,23);1H. The molecule has 0 bridgehead atoms. The molecule has 27 heavy (non-hydrogen) atoms. The van der Waals surface area contributed by atoms with Gasteiger partial charge >= 0.3 is 0 Å². The van der Waals surface area contributed by atoms with Gasteiger partial charge in [0, 0.05) is 48.0 Å². The molecule has 3 unspecified atom stereocenters. The number of ether oxygens (including phenoxy) is 1. The first-order chi connectivity index (χ1) is 12.6. The number of hydrogen-bond donors (Lipinski definition) is 2. The third-order valence-electron chi connectivity index (χ3n) is 5.80. The highest BCUT2D eigenvalue weighted by Gasteiger charge is 2.33. The van der Waals surface area contributed by atoms with Gasteiger partial charge in [0.15, 0.2) is 5.96 Å². The molecule has 2 aliphatic carbocycles. The smallest absolute Gasteiger partial charge is 0.191 e. The van der Waals surface area contributed by atoms with Gasteiger partial charge in [-0.1, -0.05) is 39.5 Å². The van der Waals surface area contributed by atoms with Crippen molar-refractivity contribution >= 4 is 40.7 Å². The summed E-state index contributed by atoms with van der Waals surface area (Å²) < 4.78 is 18.4. The van der Waals surface area contributed by atoms with Crippen LogP contribution in [0.1, 0.15) is 78.1 Å². The number of rotatable bonds is 8. The summed E-state index contributed by atoms with van der Waals surface area (Å²) in [6, 6.07) is 0.370. The van der Waals surface area contributed by atoms with E-state index in [-0.39, 0.29) is 29.6 Å². The van der Waals surface area contributed by atoms with Crippen LogP contribution in [0.5, 0.6) is 0 Å². The maximum absolute atomic E-state index is 12.2. The molecule has 3 atom stereocenters. The third kappa shape index (κ3) is 8.17. The van der Waals surface area contributed by atoms with Crippen LogP contribution in [0.2, 0.25) is 0 Å². The molecule has 0 heterocycles. The van der Waals surface area contributed by atoms with Crippen LogP contribution in [0.25, 0.3) is 0 Å². The fraction of sp³-hybridized carbons (Fsp3) is 0.950. The lowest BCUT2D eigenvalue weighted by Crippen LogP contribution is -2.52. The fourth-order valence-corrected chi connectivity index (χ4v) is 5.62. The first-order valence-electron chi connectivity index (χ1n) is 10.6. The molecule has 2 saturated carbocycles. The second-order valence-electron chi connectivity index (χ2n) is 7.82. The Morgan fingerprint density at radius 2 is 1.93 bits per heavy atom. The minimum absolute atomic E-state index is 0. The minimum Gasteiger partial charge on any atom is -0.373 e. The van der Waals surface area contributed by atoms with Crippen molar-refractivity contribution < 1.29 is 8.95 Å². The van der Waals surface area contributed by atoms with Crippen LogP contribution in [0.4, 0.5) is 0 Å². The number of halogens is 1. The molecule has 5 nitrogen and oxygen atoms in total. The van der Waals surface area contributed by atoms with Crippen LogP contribution in [-0.4, -0.2) is 53.0 Å². The van der Waals surface area contributed by atoms with E-state index in [0.717, 1.165) is 69.8 Å². The average molecular weight is 514 g/mol. The monoisotopic (exact) mass is 513 g/mol. The van der Waals surface area contributed by atoms with Gasteiger partial charge in [0.1, 0.15) is 0 Å². The van der Waals surface area contributed by atoms with E-state index in [1.54, 1.807) is 0 Å². The summed E-state index contributed by atoms with van der Waals surface area (Å²) in [6.07, 6.45) is 11.5. The highest BCUT2D eigenvalue weighted by atomic mass is 127. The zero-order valence-electron chi connectivity index (χ0n) is 17.4. The maximum Gasteiger partial charge on any atom is 0.191 e. The largest absolute Gasteiger partial charge is 0.373 e. The summed E-state index contributed by atoms with van der Waals surface area (Å²) in [4.78, 5) is 4.43. The SMILES string of the molecule is CCCOC1(CNC(=NC)NC2CCCC(S(=O)CC)C2)CCCCC1.I. The number of guanidine groups is 1. The second kappa shape index (κ2) is 13.4. The van der Waals surface area contributed by atoms with E-state index in [0.29, 0.717) is 11.3 Å². The quantitative estimate of drug-likeness (QED) is 0.293. The van der Waals surface area contributed by atoms with Gasteiger partial charge in [-0.25, -0.2) is 0 Å². The summed E-state index contributed by atoms with van der Waals surface area (Å²) in [5.74, 6) is 1.63. The molecule has 0 spiro atoms. The molecule has 0 aliphatic heterocycles. The van der Waals surface area contributed by atoms with Gasteiger partial charge in [0.2, 0.25) is 0 Å². The van der Waals surface area contributed by atoms with Crippen molar-refractivity contribution in [1.29, 1.82) is 0 Å². The summed E-state index contributed by atoms with van der Waals surface area (Å²) in [5, 5.41) is 7.44. The lowest BCUT2D eigenvalue weighted by Gasteiger charge is -2.38. The molecule has 0 aromatic heterocycles. The van der Waals surface area contributed by atoms with E-state index in [4.69, 9.17) is 4.74 Å². The minimum atomic E-state index is -0.689. The summed E-state index contributed by atoms with van der Waals surface area (Å²) in [6.45, 7) is 5.85. The molecule has 0 amide bonds. The maximum atomic E-state index is 12.2. The Labute approximate surface area is 185 Å². The zero-order valence-corrected chi connectivity index (χ0v) is 20.6. The van der Waals surface area contributed by atoms with Crippen LogP contribution in [0.15, 0.2) is 4.99 Å². The van der Waals surface area contributed by atoms with Gasteiger partial charge in [-0.3, -0.25) is 9.20 Å². The van der Waals surface area contributed by atoms with E-state index < -0.39 is 10.8 Å². The number of hydrogen-bond acceptors (Lipinski definition) is 3. The van der Waals surface area contributed by atoms with E-state index in [1.165, 1.54) is 19.3 Å². The second-order valence-corrected chi connectivity index (χ2v) is 9.82. The lowest BCUT2D eigenvalue weighted by atomic mass is 9.84. The molecule has 7 heteroatoms. The van der Waals surface area contributed by atoms with Crippen LogP contribution in [0, 0.1) is 0 Å². The molecule has 2 fully saturated rings. The number of nitrogens with one attached hydrogen (secondary N) is 2. The number of nitrogens with zero attached hydrogens (tertiary/aromatic N) is 1. The van der Waals surface area contributed by atoms with Gasteiger partial charge in [0.05, 0.1) is 5.60 Å². The predicted molar refractivity (Wildman–Crippen MR) is 127 cm³/mol. The first-order valence-corrected chi connectivity index (χ1v) is 12.0. The molecule has 2 N–H and O–H groups in total. The molecule has 0 saturated heterocycles. The summed E-state index contributed by atoms with van der Waals surface area (Å²) in [7, 11) is 1.14. The molecule has 0 aromatic carbocycles. The molecule has 0 aromatic rings. The lowest BCUT2D eigenvalue weighted by molar-refractivity contribution is -0.0657. The molecule has 0 radical (unpaired) electrons. The van der Waals surface area contributed by atoms with Crippen molar-refractivity contribution in [1.82, 2.24) is 10.6 Å². The van der Waals surface area contributed by atoms with Gasteiger partial charge in [-0.15, -0.1) is 24.0 Å². The highest BCUT2D eigenvalue weighted by molar-refractivity contribution is 14.0. The third-order valence-corrected chi connectivity index (χ3v) is 7.54. The van der Waals surface area contributed by atoms with Gasteiger partial charge in [0.25, 0.3) is 0 Å². The first kappa shape index (κ1) is 25.1. The van der Waals surface area contributed by atoms with E-state index >= 15 is 0 Å². The van der Waals surface area contributed by atoms with Crippen LogP contribution >= 0.6 is 24.0 Å². The Kier molecular flexibility index (Phi) is 12.4. The van der Waals surface area contributed by atoms with Crippen molar-refractivity contribution in [3.63, 3.8) is 0 Å². The predicted octanol–water partition coefficient (Wildman–Crippen LogP) is 3.98. The highest BCUT2D eigenvalue weighted by Crippen LogP contribution is 2.31. The van der Waals surface area contributed by atoms with E-state index in [9.17, 15) is 4.21 Å². The topological polar surface area (TPSA) is 62.7 Å². The van der Waals surface area contributed by atoms with E-state index in [2.05, 4.69) is 22.5 Å². The van der Waals surface area contributed by atoms with E-state index in [1.807, 2.05) is 14.0 Å². The fourth-order valence-electron chi connectivity index (χ4n) is 4.27. The Morgan fingerprint density at radius 3 is 2.56 bits per heavy atom. The van der Waals surface area contributed by atoms with Crippen molar-refractivity contribution in [2.24, 2.45) is 4.99 Å². The molecular weight excluding hydrogens is 473 g/mol. The Hall–Kier alpha value is 0.110. The Balaban J connectivity index is 0.00000364.